The molecule has 3 N–H and O–H groups in total. The Hall–Kier alpha value is -2.51. The van der Waals surface area contributed by atoms with Gasteiger partial charge in [-0.3, -0.25) is 9.48 Å². The minimum absolute atomic E-state index is 0.0812. The minimum Gasteiger partial charge on any atom is -0.434 e. The maximum atomic E-state index is 13.2. The smallest absolute Gasteiger partial charge is 0.387 e. The number of aryl methyl sites for hydroxylation is 1. The molecule has 1 amide bonds. The van der Waals surface area contributed by atoms with Crippen LogP contribution in [0, 0.1) is 0 Å². The Morgan fingerprint density at radius 2 is 2.03 bits per heavy atom. The molecule has 1 fully saturated rings. The Kier molecular flexibility index (Phi) is 9.35. The largest absolute Gasteiger partial charge is 0.434 e. The van der Waals surface area contributed by atoms with Gasteiger partial charge in [-0.2, -0.15) is 13.9 Å². The van der Waals surface area contributed by atoms with E-state index in [2.05, 4.69) is 20.7 Å². The molecule has 1 aliphatic rings. The molecule has 0 spiro atoms. The first kappa shape index (κ1) is 29.1. The Balaban J connectivity index is 1.83. The number of hydrogen-bond acceptors (Lipinski definition) is 8. The summed E-state index contributed by atoms with van der Waals surface area (Å²) in [6, 6.07) is 1.34. The van der Waals surface area contributed by atoms with E-state index in [1.54, 1.807) is 6.92 Å². The monoisotopic (exact) mass is 563 g/mol. The van der Waals surface area contributed by atoms with Gasteiger partial charge in [0.2, 0.25) is 0 Å². The number of aromatic nitrogens is 3. The van der Waals surface area contributed by atoms with Crippen LogP contribution in [0.25, 0.3) is 11.3 Å². The molecule has 10 nitrogen and oxygen atoms in total. The summed E-state index contributed by atoms with van der Waals surface area (Å²) in [4.78, 5) is 17.2. The lowest BCUT2D eigenvalue weighted by molar-refractivity contribution is -0.0494. The molecule has 2 heterocycles. The van der Waals surface area contributed by atoms with Crippen molar-refractivity contribution in [2.24, 2.45) is 0 Å². The first-order valence-corrected chi connectivity index (χ1v) is 14.4. The van der Waals surface area contributed by atoms with Gasteiger partial charge in [-0.25, -0.2) is 13.4 Å². The zero-order valence-corrected chi connectivity index (χ0v) is 22.5. The lowest BCUT2D eigenvalue weighted by Crippen LogP contribution is -2.47. The highest BCUT2D eigenvalue weighted by atomic mass is 35.5. The van der Waals surface area contributed by atoms with E-state index < -0.39 is 33.2 Å². The SMILES string of the molecule is CCCNc1cc(OC(F)F)c(-c2c(Cl)c(C(=O)NC[C@]3(O)CC[C@@H](S(C)(=O)=O)CC3)nn2CC)cn1. The van der Waals surface area contributed by atoms with Gasteiger partial charge in [-0.05, 0) is 39.0 Å². The van der Waals surface area contributed by atoms with E-state index in [-0.39, 0.29) is 53.7 Å². The van der Waals surface area contributed by atoms with Gasteiger partial charge in [0, 0.05) is 38.2 Å². The van der Waals surface area contributed by atoms with E-state index in [1.807, 2.05) is 6.92 Å². The Labute approximate surface area is 219 Å². The molecular weight excluding hydrogens is 532 g/mol. The molecule has 0 saturated heterocycles. The fourth-order valence-electron chi connectivity index (χ4n) is 4.29. The first-order valence-electron chi connectivity index (χ1n) is 12.0. The van der Waals surface area contributed by atoms with Gasteiger partial charge in [0.1, 0.15) is 21.4 Å². The number of nitrogens with zero attached hydrogens (tertiary/aromatic N) is 3. The summed E-state index contributed by atoms with van der Waals surface area (Å²) in [5.74, 6) is -0.497. The number of nitrogens with one attached hydrogen (secondary N) is 2. The standard InChI is InChI=1S/C23H32ClF2N5O5S/c1-4-10-27-17-11-16(36-22(25)26)15(12-28-17)20-18(24)19(30-31(20)5-2)21(32)29-13-23(33)8-6-14(7-9-23)37(3,34)35/h11-12,14,22,33H,4-10,13H2,1-3H3,(H,27,28)(H,29,32)/t14-,23+. The average Bonchev–Trinajstić information content (AvgIpc) is 3.17. The molecule has 0 unspecified atom stereocenters. The summed E-state index contributed by atoms with van der Waals surface area (Å²) in [5, 5.41) is 20.1. The van der Waals surface area contributed by atoms with Gasteiger partial charge in [0.15, 0.2) is 5.69 Å². The van der Waals surface area contributed by atoms with Gasteiger partial charge < -0.3 is 20.5 Å². The van der Waals surface area contributed by atoms with Crippen LogP contribution in [-0.4, -0.2) is 71.0 Å². The third kappa shape index (κ3) is 7.08. The molecule has 3 rings (SSSR count). The molecular formula is C23H32ClF2N5O5S. The summed E-state index contributed by atoms with van der Waals surface area (Å²) in [6.07, 6.45) is 4.32. The second-order valence-corrected chi connectivity index (χ2v) is 11.8. The lowest BCUT2D eigenvalue weighted by Gasteiger charge is -2.35. The van der Waals surface area contributed by atoms with Crippen molar-refractivity contribution in [3.63, 3.8) is 0 Å². The van der Waals surface area contributed by atoms with Crippen LogP contribution in [0.5, 0.6) is 5.75 Å². The Bertz CT molecular complexity index is 1220. The molecule has 206 valence electrons. The van der Waals surface area contributed by atoms with Crippen molar-refractivity contribution in [3.05, 3.63) is 23.0 Å². The highest BCUT2D eigenvalue weighted by Gasteiger charge is 2.37. The van der Waals surface area contributed by atoms with Crippen LogP contribution in [0.2, 0.25) is 5.02 Å². The van der Waals surface area contributed by atoms with Crippen LogP contribution < -0.4 is 15.4 Å². The topological polar surface area (TPSA) is 135 Å². The zero-order valence-electron chi connectivity index (χ0n) is 20.9. The molecule has 0 atom stereocenters. The molecule has 0 aromatic carbocycles. The molecule has 2 aromatic heterocycles. The number of sulfone groups is 1. The quantitative estimate of drug-likeness (QED) is 0.378. The van der Waals surface area contributed by atoms with Crippen molar-refractivity contribution in [2.75, 3.05) is 24.7 Å². The van der Waals surface area contributed by atoms with E-state index in [1.165, 1.54) is 23.2 Å². The molecule has 0 aliphatic heterocycles. The van der Waals surface area contributed by atoms with E-state index in [0.717, 1.165) is 6.42 Å². The predicted molar refractivity (Wildman–Crippen MR) is 136 cm³/mol. The minimum atomic E-state index is -3.20. The summed E-state index contributed by atoms with van der Waals surface area (Å²) in [6.45, 7) is 1.33. The number of aliphatic hydroxyl groups is 1. The Morgan fingerprint density at radius 1 is 1.35 bits per heavy atom. The van der Waals surface area contributed by atoms with E-state index in [0.29, 0.717) is 25.2 Å². The highest BCUT2D eigenvalue weighted by Crippen LogP contribution is 2.38. The number of amides is 1. The number of rotatable bonds is 11. The maximum absolute atomic E-state index is 13.2. The fourth-order valence-corrected chi connectivity index (χ4v) is 5.71. The fraction of sp³-hybridized carbons (Fsp3) is 0.609. The molecule has 37 heavy (non-hydrogen) atoms. The number of carbonyl (C=O) groups is 1. The first-order chi connectivity index (χ1) is 17.4. The van der Waals surface area contributed by atoms with Crippen LogP contribution in [0.4, 0.5) is 14.6 Å². The molecule has 1 saturated carbocycles. The number of alkyl halides is 2. The van der Waals surface area contributed by atoms with E-state index >= 15 is 0 Å². The molecule has 1 aliphatic carbocycles. The maximum Gasteiger partial charge on any atom is 0.387 e. The van der Waals surface area contributed by atoms with Crippen molar-refractivity contribution >= 4 is 33.2 Å². The number of carbonyl (C=O) groups excluding carboxylic acids is 1. The van der Waals surface area contributed by atoms with Crippen molar-refractivity contribution < 1.29 is 31.8 Å². The number of halogens is 3. The third-order valence-corrected chi connectivity index (χ3v) is 8.39. The summed E-state index contributed by atoms with van der Waals surface area (Å²) < 4.78 is 56.0. The van der Waals surface area contributed by atoms with E-state index in [9.17, 15) is 27.1 Å². The van der Waals surface area contributed by atoms with Crippen molar-refractivity contribution in [2.45, 2.75) is 70.0 Å². The lowest BCUT2D eigenvalue weighted by atomic mass is 9.84. The summed E-state index contributed by atoms with van der Waals surface area (Å²) >= 11 is 6.54. The normalized spacial score (nSPS) is 20.2. The molecule has 2 aromatic rings. The molecule has 14 heteroatoms. The van der Waals surface area contributed by atoms with Crippen LogP contribution >= 0.6 is 11.6 Å². The van der Waals surface area contributed by atoms with Gasteiger partial charge in [0.05, 0.1) is 27.1 Å². The van der Waals surface area contributed by atoms with Gasteiger partial charge in [-0.1, -0.05) is 18.5 Å². The van der Waals surface area contributed by atoms with Crippen molar-refractivity contribution in [1.29, 1.82) is 0 Å². The van der Waals surface area contributed by atoms with Crippen LogP contribution in [-0.2, 0) is 16.4 Å². The van der Waals surface area contributed by atoms with E-state index in [4.69, 9.17) is 16.3 Å². The zero-order chi connectivity index (χ0) is 27.4. The number of hydrogen-bond donors (Lipinski definition) is 3. The number of pyridine rings is 1. The van der Waals surface area contributed by atoms with Crippen LogP contribution in [0.1, 0.15) is 56.4 Å². The molecule has 0 radical (unpaired) electrons. The summed E-state index contributed by atoms with van der Waals surface area (Å²) in [5.41, 5.74) is -1.09. The van der Waals surface area contributed by atoms with Crippen molar-refractivity contribution in [3.8, 4) is 17.0 Å². The van der Waals surface area contributed by atoms with Crippen LogP contribution in [0.15, 0.2) is 12.3 Å². The van der Waals surface area contributed by atoms with Crippen molar-refractivity contribution in [1.82, 2.24) is 20.1 Å². The van der Waals surface area contributed by atoms with Crippen LogP contribution in [0.3, 0.4) is 0 Å². The van der Waals surface area contributed by atoms with Gasteiger partial charge in [0.25, 0.3) is 5.91 Å². The molecule has 0 bridgehead atoms. The third-order valence-electron chi connectivity index (χ3n) is 6.35. The van der Waals surface area contributed by atoms with Gasteiger partial charge in [-0.15, -0.1) is 0 Å². The van der Waals surface area contributed by atoms with Gasteiger partial charge >= 0.3 is 6.61 Å². The number of anilines is 1. The highest BCUT2D eigenvalue weighted by molar-refractivity contribution is 7.91. The second-order valence-electron chi connectivity index (χ2n) is 9.13. The second kappa shape index (κ2) is 11.9. The predicted octanol–water partition coefficient (Wildman–Crippen LogP) is 3.49. The Morgan fingerprint density at radius 3 is 2.59 bits per heavy atom. The summed E-state index contributed by atoms with van der Waals surface area (Å²) in [7, 11) is -3.20. The number of ether oxygens (including phenoxy) is 1. The average molecular weight is 564 g/mol.